The number of phenolic OH excluding ortho intramolecular Hbond substituents is 1. The maximum Gasteiger partial charge on any atom is 0.300 e. The van der Waals surface area contributed by atoms with Crippen LogP contribution in [0.4, 0.5) is 0 Å². The fraction of sp³-hybridized carbons (Fsp3) is 0.667. The average molecular weight is 423 g/mol. The van der Waals surface area contributed by atoms with Gasteiger partial charge in [0.15, 0.2) is 0 Å². The lowest BCUT2D eigenvalue weighted by Gasteiger charge is -2.55. The summed E-state index contributed by atoms with van der Waals surface area (Å²) in [5.41, 5.74) is 3.64. The minimum atomic E-state index is -0.833. The van der Waals surface area contributed by atoms with Crippen molar-refractivity contribution in [3.8, 4) is 5.75 Å². The number of hydrogen-bond donors (Lipinski definition) is 4. The Labute approximate surface area is 180 Å². The number of benzene rings is 1. The van der Waals surface area contributed by atoms with E-state index in [1.807, 2.05) is 6.07 Å². The molecule has 4 N–H and O–H groups in total. The van der Waals surface area contributed by atoms with Crippen molar-refractivity contribution >= 4 is 11.9 Å². The molecule has 6 nitrogen and oxygen atoms in total. The molecule has 3 atom stereocenters. The van der Waals surface area contributed by atoms with Crippen LogP contribution in [0.3, 0.4) is 0 Å². The smallest absolute Gasteiger partial charge is 0.300 e. The van der Waals surface area contributed by atoms with Crippen LogP contribution >= 0.6 is 0 Å². The van der Waals surface area contributed by atoms with Gasteiger partial charge in [0.2, 0.25) is 0 Å². The minimum Gasteiger partial charge on any atom is -0.508 e. The van der Waals surface area contributed by atoms with Crippen molar-refractivity contribution in [2.24, 2.45) is 11.3 Å². The number of aromatic hydroxyl groups is 1. The molecular formula is C24H38O6. The predicted octanol–water partition coefficient (Wildman–Crippen LogP) is 5.22. The first-order valence-corrected chi connectivity index (χ1v) is 10.6. The van der Waals surface area contributed by atoms with E-state index < -0.39 is 18.0 Å². The van der Waals surface area contributed by atoms with E-state index in [4.69, 9.17) is 19.8 Å². The third-order valence-electron chi connectivity index (χ3n) is 6.48. The molecule has 170 valence electrons. The fourth-order valence-corrected chi connectivity index (χ4v) is 5.45. The highest BCUT2D eigenvalue weighted by molar-refractivity contribution is 5.63. The molecule has 0 radical (unpaired) electrons. The monoisotopic (exact) mass is 422 g/mol. The van der Waals surface area contributed by atoms with Crippen LogP contribution in [0.25, 0.3) is 0 Å². The van der Waals surface area contributed by atoms with Crippen LogP contribution in [0.15, 0.2) is 12.1 Å². The van der Waals surface area contributed by atoms with E-state index in [2.05, 4.69) is 40.7 Å². The quantitative estimate of drug-likeness (QED) is 0.493. The Morgan fingerprint density at radius 1 is 1.03 bits per heavy atom. The van der Waals surface area contributed by atoms with Gasteiger partial charge in [0.05, 0.1) is 6.10 Å². The summed E-state index contributed by atoms with van der Waals surface area (Å²) >= 11 is 0. The lowest BCUT2D eigenvalue weighted by atomic mass is 9.49. The summed E-state index contributed by atoms with van der Waals surface area (Å²) in [5, 5.41) is 36.0. The van der Waals surface area contributed by atoms with Crippen LogP contribution in [0, 0.1) is 11.3 Å². The summed E-state index contributed by atoms with van der Waals surface area (Å²) in [7, 11) is 0. The third-order valence-corrected chi connectivity index (χ3v) is 6.48. The van der Waals surface area contributed by atoms with Crippen molar-refractivity contribution in [3.05, 3.63) is 28.8 Å². The Kier molecular flexibility index (Phi) is 8.49. The summed E-state index contributed by atoms with van der Waals surface area (Å²) in [5.74, 6) is -0.605. The molecule has 0 amide bonds. The van der Waals surface area contributed by atoms with Gasteiger partial charge in [-0.15, -0.1) is 0 Å². The molecule has 1 aromatic carbocycles. The van der Waals surface area contributed by atoms with Gasteiger partial charge < -0.3 is 20.4 Å². The van der Waals surface area contributed by atoms with E-state index in [1.165, 1.54) is 24.8 Å². The molecular weight excluding hydrogens is 384 g/mol. The summed E-state index contributed by atoms with van der Waals surface area (Å²) in [6, 6.07) is 3.92. The van der Waals surface area contributed by atoms with Gasteiger partial charge in [-0.1, -0.05) is 47.1 Å². The highest BCUT2D eigenvalue weighted by Crippen LogP contribution is 2.60. The number of rotatable bonds is 1. The van der Waals surface area contributed by atoms with E-state index in [0.717, 1.165) is 31.4 Å². The number of carbonyl (C=O) groups is 2. The number of carboxylic acid groups (broad SMARTS) is 2. The molecule has 0 heterocycles. The first-order chi connectivity index (χ1) is 13.6. The van der Waals surface area contributed by atoms with E-state index in [1.54, 1.807) is 0 Å². The van der Waals surface area contributed by atoms with Crippen LogP contribution in [0.5, 0.6) is 5.75 Å². The number of aliphatic hydroxyl groups excluding tert-OH is 1. The van der Waals surface area contributed by atoms with Gasteiger partial charge in [0.25, 0.3) is 11.9 Å². The Balaban J connectivity index is 0.000000485. The number of aliphatic carboxylic acids is 2. The van der Waals surface area contributed by atoms with Crippen molar-refractivity contribution in [1.29, 1.82) is 0 Å². The number of carboxylic acids is 2. The van der Waals surface area contributed by atoms with Gasteiger partial charge in [0, 0.05) is 19.4 Å². The van der Waals surface area contributed by atoms with Gasteiger partial charge in [-0.3, -0.25) is 9.59 Å². The molecule has 6 heteroatoms. The van der Waals surface area contributed by atoms with Gasteiger partial charge in [-0.05, 0) is 59.1 Å². The molecule has 1 aromatic rings. The summed E-state index contributed by atoms with van der Waals surface area (Å²) in [6.07, 6.45) is 4.04. The van der Waals surface area contributed by atoms with E-state index in [0.29, 0.717) is 11.7 Å². The number of phenols is 1. The molecule has 0 spiro atoms. The second-order valence-electron chi connectivity index (χ2n) is 9.72. The van der Waals surface area contributed by atoms with E-state index in [-0.39, 0.29) is 16.7 Å². The zero-order chi connectivity index (χ0) is 23.4. The summed E-state index contributed by atoms with van der Waals surface area (Å²) in [6.45, 7) is 13.5. The molecule has 2 aliphatic rings. The highest BCUT2D eigenvalue weighted by atomic mass is 16.4. The normalized spacial score (nSPS) is 26.2. The summed E-state index contributed by atoms with van der Waals surface area (Å²) in [4.78, 5) is 18.0. The zero-order valence-electron chi connectivity index (χ0n) is 19.3. The van der Waals surface area contributed by atoms with Crippen molar-refractivity contribution in [2.75, 3.05) is 0 Å². The molecule has 30 heavy (non-hydrogen) atoms. The van der Waals surface area contributed by atoms with Crippen molar-refractivity contribution in [1.82, 2.24) is 0 Å². The van der Waals surface area contributed by atoms with Crippen molar-refractivity contribution in [2.45, 2.75) is 91.6 Å². The van der Waals surface area contributed by atoms with Gasteiger partial charge >= 0.3 is 0 Å². The van der Waals surface area contributed by atoms with Gasteiger partial charge in [-0.2, -0.15) is 0 Å². The Hall–Kier alpha value is -2.08. The van der Waals surface area contributed by atoms with Crippen molar-refractivity contribution < 1.29 is 30.0 Å². The fourth-order valence-electron chi connectivity index (χ4n) is 5.45. The minimum absolute atomic E-state index is 0.119. The number of hydrogen-bond acceptors (Lipinski definition) is 4. The van der Waals surface area contributed by atoms with Crippen LogP contribution in [-0.4, -0.2) is 32.4 Å². The second-order valence-corrected chi connectivity index (χ2v) is 9.72. The highest BCUT2D eigenvalue weighted by Gasteiger charge is 2.52. The number of fused-ring (bicyclic) bond motifs is 3. The number of aliphatic hydroxyl groups is 1. The van der Waals surface area contributed by atoms with Crippen LogP contribution in [0.1, 0.15) is 103 Å². The lowest BCUT2D eigenvalue weighted by molar-refractivity contribution is -0.135. The zero-order valence-corrected chi connectivity index (χ0v) is 19.3. The van der Waals surface area contributed by atoms with Crippen molar-refractivity contribution in [3.63, 3.8) is 0 Å². The largest absolute Gasteiger partial charge is 0.508 e. The Bertz CT molecular complexity index is 747. The van der Waals surface area contributed by atoms with Crippen LogP contribution in [-0.2, 0) is 15.0 Å². The van der Waals surface area contributed by atoms with Crippen LogP contribution in [0.2, 0.25) is 0 Å². The van der Waals surface area contributed by atoms with E-state index >= 15 is 0 Å². The lowest BCUT2D eigenvalue weighted by Crippen LogP contribution is -2.49. The maximum atomic E-state index is 10.9. The van der Waals surface area contributed by atoms with Gasteiger partial charge in [0.1, 0.15) is 5.75 Å². The molecule has 3 rings (SSSR count). The summed E-state index contributed by atoms with van der Waals surface area (Å²) < 4.78 is 0. The molecule has 0 aromatic heterocycles. The van der Waals surface area contributed by atoms with Gasteiger partial charge in [-0.25, -0.2) is 0 Å². The first kappa shape index (κ1) is 26.0. The Morgan fingerprint density at radius 2 is 1.53 bits per heavy atom. The molecule has 2 aliphatic carbocycles. The third kappa shape index (κ3) is 5.75. The molecule has 1 fully saturated rings. The molecule has 0 aliphatic heterocycles. The second kappa shape index (κ2) is 9.82. The Morgan fingerprint density at radius 3 is 2.00 bits per heavy atom. The molecule has 1 saturated carbocycles. The molecule has 0 bridgehead atoms. The molecule has 0 unspecified atom stereocenters. The molecule has 0 saturated heterocycles. The standard InChI is InChI=1S/C20H30O2.2C2H4O2/c1-12(2)17-14(21)8-7-13-18(17)15(22)11-16-19(3,4)9-6-10-20(13,16)5;2*1-2(3)4/h7-8,12,15-16,21-22H,6,9-11H2,1-5H3;2*1H3,(H,3,4)/t15-,16+,20-;;/m1../s1. The first-order valence-electron chi connectivity index (χ1n) is 10.6. The SMILES string of the molecule is CC(=O)O.CC(=O)O.CC(C)c1c(O)ccc2c1[C@H](O)C[C@H]1C(C)(C)CCC[C@]21C. The van der Waals surface area contributed by atoms with Crippen LogP contribution < -0.4 is 0 Å². The average Bonchev–Trinajstić information content (AvgIpc) is 2.55. The predicted molar refractivity (Wildman–Crippen MR) is 117 cm³/mol. The topological polar surface area (TPSA) is 115 Å². The van der Waals surface area contributed by atoms with E-state index in [9.17, 15) is 10.2 Å². The maximum absolute atomic E-state index is 10.9.